The topological polar surface area (TPSA) is 63.6 Å². The van der Waals surface area contributed by atoms with Crippen LogP contribution in [-0.4, -0.2) is 16.9 Å². The summed E-state index contributed by atoms with van der Waals surface area (Å²) >= 11 is 0. The van der Waals surface area contributed by atoms with Crippen molar-refractivity contribution in [2.45, 2.75) is 37.9 Å². The Bertz CT molecular complexity index is 842. The van der Waals surface area contributed by atoms with Crippen LogP contribution in [0.3, 0.4) is 0 Å². The third-order valence-electron chi connectivity index (χ3n) is 4.64. The summed E-state index contributed by atoms with van der Waals surface area (Å²) in [5, 5.41) is 11.2. The number of ketones is 1. The maximum Gasteiger partial charge on any atom is 0.343 e. The predicted molar refractivity (Wildman–Crippen MR) is 98.1 cm³/mol. The van der Waals surface area contributed by atoms with E-state index in [1.165, 1.54) is 30.3 Å². The summed E-state index contributed by atoms with van der Waals surface area (Å²) in [6.07, 6.45) is 3.21. The van der Waals surface area contributed by atoms with Gasteiger partial charge in [-0.05, 0) is 42.2 Å². The highest BCUT2D eigenvalue weighted by atomic mass is 19.1. The number of allylic oxidation sites excluding steroid dienone is 1. The lowest BCUT2D eigenvalue weighted by molar-refractivity contribution is -0.168. The molecule has 27 heavy (non-hydrogen) atoms. The molecule has 1 aliphatic carbocycles. The highest BCUT2D eigenvalue weighted by Crippen LogP contribution is 2.33. The number of rotatable bonds is 6. The number of benzene rings is 2. The Morgan fingerprint density at radius 1 is 1.07 bits per heavy atom. The van der Waals surface area contributed by atoms with E-state index >= 15 is 0 Å². The minimum atomic E-state index is -1.98. The van der Waals surface area contributed by atoms with E-state index in [-0.39, 0.29) is 24.4 Å². The van der Waals surface area contributed by atoms with E-state index in [9.17, 15) is 19.1 Å². The Morgan fingerprint density at radius 3 is 2.44 bits per heavy atom. The van der Waals surface area contributed by atoms with Crippen LogP contribution in [-0.2, 0) is 26.5 Å². The number of hydrogen-bond acceptors (Lipinski definition) is 4. The molecule has 0 aromatic heterocycles. The van der Waals surface area contributed by atoms with Crippen LogP contribution in [0, 0.1) is 5.82 Å². The molecule has 5 heteroatoms. The second-order valence-electron chi connectivity index (χ2n) is 6.73. The molecule has 2 aromatic carbocycles. The van der Waals surface area contributed by atoms with Gasteiger partial charge in [0, 0.05) is 12.8 Å². The lowest BCUT2D eigenvalue weighted by Gasteiger charge is -2.28. The molecular weight excluding hydrogens is 347 g/mol. The average Bonchev–Trinajstić information content (AvgIpc) is 2.67. The van der Waals surface area contributed by atoms with Crippen molar-refractivity contribution in [2.24, 2.45) is 0 Å². The van der Waals surface area contributed by atoms with E-state index in [0.29, 0.717) is 24.8 Å². The summed E-state index contributed by atoms with van der Waals surface area (Å²) in [5.41, 5.74) is -0.263. The third kappa shape index (κ3) is 4.68. The van der Waals surface area contributed by atoms with E-state index in [1.807, 2.05) is 30.3 Å². The van der Waals surface area contributed by atoms with Crippen LogP contribution in [0.5, 0.6) is 0 Å². The number of carbonyl (C=O) groups is 2. The summed E-state index contributed by atoms with van der Waals surface area (Å²) in [6, 6.07) is 14.2. The van der Waals surface area contributed by atoms with Gasteiger partial charge in [0.25, 0.3) is 0 Å². The summed E-state index contributed by atoms with van der Waals surface area (Å²) in [7, 11) is 0. The zero-order valence-electron chi connectivity index (χ0n) is 14.9. The molecule has 1 aliphatic rings. The molecule has 1 atom stereocenters. The average molecular weight is 368 g/mol. The molecule has 0 saturated carbocycles. The lowest BCUT2D eigenvalue weighted by Crippen LogP contribution is -2.38. The molecule has 2 aromatic rings. The van der Waals surface area contributed by atoms with E-state index < -0.39 is 17.4 Å². The standard InChI is InChI=1S/C22H21FO4/c23-19-11-9-18(10-12-19)22(26,14-17-7-4-8-20(24)13-17)21(25)27-15-16-5-2-1-3-6-16/h1-3,5-6,9-13,26H,4,7-8,14-15H2/t22-/m1/s1. The fraction of sp³-hybridized carbons (Fsp3) is 0.273. The van der Waals surface area contributed by atoms with Crippen molar-refractivity contribution in [1.29, 1.82) is 0 Å². The second kappa shape index (κ2) is 8.27. The molecular formula is C22H21FO4. The largest absolute Gasteiger partial charge is 0.458 e. The summed E-state index contributed by atoms with van der Waals surface area (Å²) in [5.74, 6) is -1.31. The summed E-state index contributed by atoms with van der Waals surface area (Å²) in [4.78, 5) is 24.5. The third-order valence-corrected chi connectivity index (χ3v) is 4.64. The smallest absolute Gasteiger partial charge is 0.343 e. The van der Waals surface area contributed by atoms with Crippen molar-refractivity contribution in [3.05, 3.63) is 83.2 Å². The van der Waals surface area contributed by atoms with Crippen molar-refractivity contribution in [2.75, 3.05) is 0 Å². The molecule has 0 heterocycles. The van der Waals surface area contributed by atoms with Gasteiger partial charge in [0.15, 0.2) is 11.4 Å². The molecule has 0 aliphatic heterocycles. The lowest BCUT2D eigenvalue weighted by atomic mass is 9.83. The van der Waals surface area contributed by atoms with E-state index in [1.54, 1.807) is 0 Å². The van der Waals surface area contributed by atoms with Crippen molar-refractivity contribution in [3.63, 3.8) is 0 Å². The van der Waals surface area contributed by atoms with Crippen LogP contribution in [0.4, 0.5) is 4.39 Å². The molecule has 0 amide bonds. The number of esters is 1. The Hall–Kier alpha value is -2.79. The Morgan fingerprint density at radius 2 is 1.78 bits per heavy atom. The number of hydrogen-bond donors (Lipinski definition) is 1. The first-order valence-corrected chi connectivity index (χ1v) is 8.89. The fourth-order valence-corrected chi connectivity index (χ4v) is 3.19. The van der Waals surface area contributed by atoms with Crippen molar-refractivity contribution >= 4 is 11.8 Å². The molecule has 0 radical (unpaired) electrons. The van der Waals surface area contributed by atoms with E-state index in [2.05, 4.69) is 0 Å². The number of aliphatic hydroxyl groups is 1. The molecule has 0 fully saturated rings. The van der Waals surface area contributed by atoms with Crippen LogP contribution >= 0.6 is 0 Å². The first kappa shape index (κ1) is 19.0. The van der Waals surface area contributed by atoms with Gasteiger partial charge in [-0.15, -0.1) is 0 Å². The first-order valence-electron chi connectivity index (χ1n) is 8.89. The van der Waals surface area contributed by atoms with Gasteiger partial charge in [-0.25, -0.2) is 9.18 Å². The van der Waals surface area contributed by atoms with Crippen molar-refractivity contribution in [3.8, 4) is 0 Å². The monoisotopic (exact) mass is 368 g/mol. The van der Waals surface area contributed by atoms with Crippen LogP contribution in [0.1, 0.15) is 36.8 Å². The Kier molecular flexibility index (Phi) is 5.81. The number of ether oxygens (including phenoxy) is 1. The molecule has 4 nitrogen and oxygen atoms in total. The van der Waals surface area contributed by atoms with Gasteiger partial charge in [0.05, 0.1) is 0 Å². The normalized spacial score (nSPS) is 16.4. The number of halogens is 1. The summed E-state index contributed by atoms with van der Waals surface area (Å²) in [6.45, 7) is 0.0150. The van der Waals surface area contributed by atoms with Gasteiger partial charge in [-0.1, -0.05) is 48.0 Å². The van der Waals surface area contributed by atoms with E-state index in [0.717, 1.165) is 5.56 Å². The van der Waals surface area contributed by atoms with Crippen LogP contribution in [0.2, 0.25) is 0 Å². The Labute approximate surface area is 157 Å². The molecule has 0 saturated heterocycles. The molecule has 3 rings (SSSR count). The molecule has 0 bridgehead atoms. The minimum absolute atomic E-state index is 0.0150. The van der Waals surface area contributed by atoms with Gasteiger partial charge in [-0.2, -0.15) is 0 Å². The zero-order valence-corrected chi connectivity index (χ0v) is 14.9. The molecule has 0 spiro atoms. The van der Waals surface area contributed by atoms with Crippen LogP contribution in [0.15, 0.2) is 66.2 Å². The van der Waals surface area contributed by atoms with Gasteiger partial charge < -0.3 is 9.84 Å². The van der Waals surface area contributed by atoms with Crippen molar-refractivity contribution < 1.29 is 23.8 Å². The van der Waals surface area contributed by atoms with Crippen LogP contribution in [0.25, 0.3) is 0 Å². The minimum Gasteiger partial charge on any atom is -0.458 e. The summed E-state index contributed by atoms with van der Waals surface area (Å²) < 4.78 is 18.7. The SMILES string of the molecule is O=C1C=C(C[C@](O)(C(=O)OCc2ccccc2)c2ccc(F)cc2)CCC1. The van der Waals surface area contributed by atoms with Gasteiger partial charge >= 0.3 is 5.97 Å². The highest BCUT2D eigenvalue weighted by Gasteiger charge is 2.41. The van der Waals surface area contributed by atoms with Crippen LogP contribution < -0.4 is 0 Å². The van der Waals surface area contributed by atoms with Gasteiger partial charge in [0.2, 0.25) is 0 Å². The zero-order chi connectivity index (χ0) is 19.3. The predicted octanol–water partition coefficient (Wildman–Crippen LogP) is 3.83. The highest BCUT2D eigenvalue weighted by molar-refractivity contribution is 5.91. The van der Waals surface area contributed by atoms with Gasteiger partial charge in [0.1, 0.15) is 12.4 Å². The molecule has 0 unspecified atom stereocenters. The quantitative estimate of drug-likeness (QED) is 0.787. The molecule has 140 valence electrons. The Balaban J connectivity index is 1.85. The van der Waals surface area contributed by atoms with Crippen molar-refractivity contribution in [1.82, 2.24) is 0 Å². The molecule has 1 N–H and O–H groups in total. The van der Waals surface area contributed by atoms with Gasteiger partial charge in [-0.3, -0.25) is 4.79 Å². The maximum atomic E-state index is 13.3. The maximum absolute atomic E-state index is 13.3. The second-order valence-corrected chi connectivity index (χ2v) is 6.73. The fourth-order valence-electron chi connectivity index (χ4n) is 3.19. The van der Waals surface area contributed by atoms with E-state index in [4.69, 9.17) is 4.74 Å². The first-order chi connectivity index (χ1) is 13.0. The number of carbonyl (C=O) groups excluding carboxylic acids is 2.